The summed E-state index contributed by atoms with van der Waals surface area (Å²) in [6.45, 7) is 0. The number of hydrogen-bond donors (Lipinski definition) is 1. The van der Waals surface area contributed by atoms with Crippen LogP contribution in [-0.2, 0) is 5.33 Å². The van der Waals surface area contributed by atoms with Crippen LogP contribution in [0.1, 0.15) is 5.56 Å². The molecule has 1 N–H and O–H groups in total. The molecule has 4 heteroatoms. The van der Waals surface area contributed by atoms with Gasteiger partial charge in [-0.1, -0.05) is 46.3 Å². The van der Waals surface area contributed by atoms with Crippen molar-refractivity contribution in [3.8, 4) is 0 Å². The summed E-state index contributed by atoms with van der Waals surface area (Å²) < 4.78 is 0. The molecular formula is C7H8BrClN2. The first-order chi connectivity index (χ1) is 4.93. The van der Waals surface area contributed by atoms with Crippen LogP contribution in [0.4, 0.5) is 0 Å². The summed E-state index contributed by atoms with van der Waals surface area (Å²) >= 11 is 3.36. The van der Waals surface area contributed by atoms with E-state index < -0.39 is 0 Å². The Morgan fingerprint density at radius 2 is 1.64 bits per heavy atom. The summed E-state index contributed by atoms with van der Waals surface area (Å²) in [6.07, 6.45) is 0. The van der Waals surface area contributed by atoms with E-state index in [1.165, 1.54) is 5.56 Å². The first kappa shape index (κ1) is 13.0. The van der Waals surface area contributed by atoms with Gasteiger partial charge in [-0.15, -0.1) is 0 Å². The Balaban J connectivity index is 0. The number of benzene rings is 1. The van der Waals surface area contributed by atoms with E-state index in [9.17, 15) is 0 Å². The van der Waals surface area contributed by atoms with Gasteiger partial charge in [-0.3, -0.25) is 0 Å². The van der Waals surface area contributed by atoms with E-state index in [4.69, 9.17) is 10.8 Å². The first-order valence-electron chi connectivity index (χ1n) is 2.76. The molecule has 0 bridgehead atoms. The molecule has 0 saturated heterocycles. The van der Waals surface area contributed by atoms with Gasteiger partial charge >= 0.3 is 0 Å². The highest BCUT2D eigenvalue weighted by Gasteiger charge is 1.81. The zero-order valence-corrected chi connectivity index (χ0v) is 8.14. The lowest BCUT2D eigenvalue weighted by molar-refractivity contribution is -0.175. The molecule has 60 valence electrons. The molecule has 0 amide bonds. The Morgan fingerprint density at radius 3 is 1.91 bits per heavy atom. The molecule has 0 spiro atoms. The minimum atomic E-state index is 0. The number of alkyl halides is 1. The standard InChI is InChI=1S/C7H7Br.ClH.N2/c8-6-7-4-2-1-3-5-7;;1-2/h1-5H,6H2;1H;. The predicted octanol–water partition coefficient (Wildman–Crippen LogP) is -2.14. The zero-order valence-electron chi connectivity index (χ0n) is 5.80. The van der Waals surface area contributed by atoms with E-state index in [0.29, 0.717) is 0 Å². The molecule has 1 rings (SSSR count). The summed E-state index contributed by atoms with van der Waals surface area (Å²) in [5.41, 5.74) is 1.33. The van der Waals surface area contributed by atoms with Crippen molar-refractivity contribution < 1.29 is 17.8 Å². The van der Waals surface area contributed by atoms with Crippen molar-refractivity contribution in [3.63, 3.8) is 0 Å². The molecule has 0 atom stereocenters. The van der Waals surface area contributed by atoms with E-state index in [0.717, 1.165) is 5.33 Å². The van der Waals surface area contributed by atoms with Gasteiger partial charge in [-0.05, 0) is 5.56 Å². The third-order valence-corrected chi connectivity index (χ3v) is 1.64. The summed E-state index contributed by atoms with van der Waals surface area (Å²) in [5.74, 6) is 0. The predicted molar refractivity (Wildman–Crippen MR) is 41.8 cm³/mol. The van der Waals surface area contributed by atoms with Gasteiger partial charge in [0.25, 0.3) is 0 Å². The highest BCUT2D eigenvalue weighted by molar-refractivity contribution is 9.08. The second-order valence-corrected chi connectivity index (χ2v) is 2.18. The van der Waals surface area contributed by atoms with Gasteiger partial charge in [-0.2, -0.15) is 0 Å². The molecule has 0 unspecified atom stereocenters. The van der Waals surface area contributed by atoms with Crippen LogP contribution < -0.4 is 17.8 Å². The van der Waals surface area contributed by atoms with Crippen LogP contribution in [0.2, 0.25) is 0 Å². The second-order valence-electron chi connectivity index (χ2n) is 1.62. The van der Waals surface area contributed by atoms with Crippen LogP contribution in [0.15, 0.2) is 30.3 Å². The van der Waals surface area contributed by atoms with Crippen molar-refractivity contribution in [2.45, 2.75) is 5.33 Å². The summed E-state index contributed by atoms with van der Waals surface area (Å²) in [6, 6.07) is 10.3. The average molecular weight is 236 g/mol. The number of nitrogens with one attached hydrogen (secondary N) is 1. The molecule has 0 fully saturated rings. The smallest absolute Gasteiger partial charge is 0.212 e. The monoisotopic (exact) mass is 234 g/mol. The van der Waals surface area contributed by atoms with Gasteiger partial charge in [0.2, 0.25) is 5.39 Å². The maximum absolute atomic E-state index is 6.25. The minimum absolute atomic E-state index is 0. The van der Waals surface area contributed by atoms with Gasteiger partial charge in [0, 0.05) is 5.33 Å². The van der Waals surface area contributed by atoms with E-state index in [1.54, 1.807) is 0 Å². The molecule has 1 aromatic carbocycles. The lowest BCUT2D eigenvalue weighted by atomic mass is 10.2. The van der Waals surface area contributed by atoms with Crippen LogP contribution >= 0.6 is 15.9 Å². The van der Waals surface area contributed by atoms with Crippen molar-refractivity contribution >= 4 is 15.9 Å². The molecule has 0 aliphatic heterocycles. The Bertz CT molecular complexity index is 188. The fourth-order valence-corrected chi connectivity index (χ4v) is 0.941. The summed E-state index contributed by atoms with van der Waals surface area (Å²) in [4.78, 5) is 0. The lowest BCUT2D eigenvalue weighted by Gasteiger charge is -1.88. The normalized spacial score (nSPS) is 6.82. The van der Waals surface area contributed by atoms with Crippen LogP contribution in [0.5, 0.6) is 0 Å². The number of rotatable bonds is 1. The van der Waals surface area contributed by atoms with E-state index >= 15 is 0 Å². The molecule has 0 saturated carbocycles. The van der Waals surface area contributed by atoms with Gasteiger partial charge in [-0.25, -0.2) is 0 Å². The van der Waals surface area contributed by atoms with Crippen molar-refractivity contribution in [3.05, 3.63) is 35.9 Å². The molecular weight excluding hydrogens is 227 g/mol. The fraction of sp³-hybridized carbons (Fsp3) is 0.143. The molecule has 0 aliphatic carbocycles. The summed E-state index contributed by atoms with van der Waals surface area (Å²) in [7, 11) is 0. The Kier molecular flexibility index (Phi) is 11.1. The molecule has 0 aromatic heterocycles. The van der Waals surface area contributed by atoms with Crippen molar-refractivity contribution in [1.29, 1.82) is 5.39 Å². The third-order valence-electron chi connectivity index (χ3n) is 0.997. The maximum atomic E-state index is 6.25. The Morgan fingerprint density at radius 1 is 1.18 bits per heavy atom. The topological polar surface area (TPSA) is 47.6 Å². The van der Waals surface area contributed by atoms with Crippen LogP contribution in [0.25, 0.3) is 0 Å². The van der Waals surface area contributed by atoms with Gasteiger partial charge in [0.05, 0.1) is 5.39 Å². The SMILES string of the molecule is BrCc1ccccc1.N#[NH+].[Cl-]. The van der Waals surface area contributed by atoms with Crippen molar-refractivity contribution in [2.75, 3.05) is 0 Å². The quantitative estimate of drug-likeness (QED) is 0.439. The lowest BCUT2D eigenvalue weighted by Crippen LogP contribution is -3.00. The maximum Gasteiger partial charge on any atom is 0.212 e. The second kappa shape index (κ2) is 9.41. The number of halogens is 2. The molecule has 0 aliphatic rings. The molecule has 0 radical (unpaired) electrons. The first-order valence-corrected chi connectivity index (χ1v) is 3.88. The fourth-order valence-electron chi connectivity index (χ4n) is 0.567. The van der Waals surface area contributed by atoms with E-state index in [1.807, 2.05) is 18.2 Å². The van der Waals surface area contributed by atoms with Crippen LogP contribution in [0, 0.1) is 5.39 Å². The molecule has 11 heavy (non-hydrogen) atoms. The van der Waals surface area contributed by atoms with Crippen LogP contribution in [-0.4, -0.2) is 0 Å². The number of diazo groups is 1. The van der Waals surface area contributed by atoms with Crippen molar-refractivity contribution in [1.82, 2.24) is 0 Å². The Hall–Kier alpha value is -0.590. The molecule has 0 heterocycles. The average Bonchev–Trinajstić information content (AvgIpc) is 2.10. The van der Waals surface area contributed by atoms with Crippen LogP contribution in [0.3, 0.4) is 0 Å². The minimum Gasteiger partial charge on any atom is -1.00 e. The number of hydrogen-bond acceptors (Lipinski definition) is 1. The van der Waals surface area contributed by atoms with Gasteiger partial charge in [0.1, 0.15) is 0 Å². The summed E-state index contributed by atoms with van der Waals surface area (Å²) in [5, 5.41) is 12.0. The molecule has 1 aromatic rings. The number of nitrogens with zero attached hydrogens (tertiary/aromatic N) is 1. The third kappa shape index (κ3) is 5.84. The van der Waals surface area contributed by atoms with Gasteiger partial charge in [0.15, 0.2) is 0 Å². The highest BCUT2D eigenvalue weighted by Crippen LogP contribution is 2.02. The van der Waals surface area contributed by atoms with E-state index in [-0.39, 0.29) is 12.4 Å². The molecule has 2 nitrogen and oxygen atoms in total. The van der Waals surface area contributed by atoms with Gasteiger partial charge < -0.3 is 12.4 Å². The highest BCUT2D eigenvalue weighted by atomic mass is 79.9. The Labute approximate surface area is 80.6 Å². The largest absolute Gasteiger partial charge is 1.00 e. The van der Waals surface area contributed by atoms with E-state index in [2.05, 4.69) is 28.1 Å². The van der Waals surface area contributed by atoms with Crippen molar-refractivity contribution in [2.24, 2.45) is 0 Å². The zero-order chi connectivity index (χ0) is 7.82.